The minimum Gasteiger partial charge on any atom is -0.493 e. The molecular weight excluding hydrogens is 261 g/mol. The standard InChI is InChI=1S/C11H15BrFNO/c1-8(6-14-2)7-15-9-3-4-11(13)10(12)5-9/h3-5,8,14H,6-7H2,1-2H3. The Labute approximate surface area is 98.0 Å². The summed E-state index contributed by atoms with van der Waals surface area (Å²) in [6, 6.07) is 4.66. The Morgan fingerprint density at radius 3 is 2.87 bits per heavy atom. The van der Waals surface area contributed by atoms with Gasteiger partial charge < -0.3 is 10.1 Å². The van der Waals surface area contributed by atoms with Crippen LogP contribution in [-0.4, -0.2) is 20.2 Å². The summed E-state index contributed by atoms with van der Waals surface area (Å²) in [7, 11) is 1.91. The van der Waals surface area contributed by atoms with Gasteiger partial charge in [0.1, 0.15) is 11.6 Å². The van der Waals surface area contributed by atoms with E-state index >= 15 is 0 Å². The summed E-state index contributed by atoms with van der Waals surface area (Å²) in [6.07, 6.45) is 0. The highest BCUT2D eigenvalue weighted by Crippen LogP contribution is 2.21. The molecule has 0 aliphatic rings. The van der Waals surface area contributed by atoms with Crippen LogP contribution in [0.1, 0.15) is 6.92 Å². The molecule has 0 amide bonds. The largest absolute Gasteiger partial charge is 0.493 e. The summed E-state index contributed by atoms with van der Waals surface area (Å²) in [5, 5.41) is 3.07. The molecule has 1 atom stereocenters. The molecule has 0 aliphatic carbocycles. The van der Waals surface area contributed by atoms with Gasteiger partial charge in [0, 0.05) is 12.5 Å². The van der Waals surface area contributed by atoms with Gasteiger partial charge in [-0.15, -0.1) is 0 Å². The highest BCUT2D eigenvalue weighted by molar-refractivity contribution is 9.10. The van der Waals surface area contributed by atoms with Crippen molar-refractivity contribution in [1.29, 1.82) is 0 Å². The fourth-order valence-corrected chi connectivity index (χ4v) is 1.57. The minimum atomic E-state index is -0.273. The Morgan fingerprint density at radius 1 is 1.53 bits per heavy atom. The molecule has 0 bridgehead atoms. The molecular formula is C11H15BrFNO. The molecule has 15 heavy (non-hydrogen) atoms. The molecule has 1 aromatic carbocycles. The lowest BCUT2D eigenvalue weighted by Gasteiger charge is -2.12. The van der Waals surface area contributed by atoms with Crippen LogP contribution in [0.25, 0.3) is 0 Å². The van der Waals surface area contributed by atoms with Gasteiger partial charge in [-0.3, -0.25) is 0 Å². The molecule has 1 unspecified atom stereocenters. The van der Waals surface area contributed by atoms with Crippen LogP contribution in [0.5, 0.6) is 5.75 Å². The van der Waals surface area contributed by atoms with Gasteiger partial charge in [0.05, 0.1) is 11.1 Å². The van der Waals surface area contributed by atoms with E-state index in [4.69, 9.17) is 4.74 Å². The molecule has 0 heterocycles. The van der Waals surface area contributed by atoms with Gasteiger partial charge in [0.2, 0.25) is 0 Å². The van der Waals surface area contributed by atoms with Gasteiger partial charge in [-0.05, 0) is 41.2 Å². The molecule has 1 rings (SSSR count). The Kier molecular flexibility index (Phi) is 5.05. The number of nitrogens with one attached hydrogen (secondary N) is 1. The van der Waals surface area contributed by atoms with Gasteiger partial charge in [-0.25, -0.2) is 4.39 Å². The Balaban J connectivity index is 2.47. The van der Waals surface area contributed by atoms with E-state index in [-0.39, 0.29) is 5.82 Å². The zero-order valence-electron chi connectivity index (χ0n) is 8.89. The van der Waals surface area contributed by atoms with E-state index in [2.05, 4.69) is 28.2 Å². The first-order valence-corrected chi connectivity index (χ1v) is 5.65. The van der Waals surface area contributed by atoms with Gasteiger partial charge in [-0.1, -0.05) is 6.92 Å². The number of hydrogen-bond acceptors (Lipinski definition) is 2. The van der Waals surface area contributed by atoms with Crippen LogP contribution in [0, 0.1) is 11.7 Å². The third-order valence-electron chi connectivity index (χ3n) is 1.98. The average molecular weight is 276 g/mol. The van der Waals surface area contributed by atoms with E-state index < -0.39 is 0 Å². The third-order valence-corrected chi connectivity index (χ3v) is 2.59. The molecule has 0 fully saturated rings. The molecule has 0 spiro atoms. The lowest BCUT2D eigenvalue weighted by molar-refractivity contribution is 0.257. The van der Waals surface area contributed by atoms with Gasteiger partial charge in [0.15, 0.2) is 0 Å². The second-order valence-electron chi connectivity index (χ2n) is 3.55. The molecule has 4 heteroatoms. The number of halogens is 2. The summed E-state index contributed by atoms with van der Waals surface area (Å²) in [6.45, 7) is 3.62. The lowest BCUT2D eigenvalue weighted by Crippen LogP contribution is -2.21. The molecule has 0 aromatic heterocycles. The van der Waals surface area contributed by atoms with Crippen molar-refractivity contribution in [3.63, 3.8) is 0 Å². The molecule has 0 saturated carbocycles. The zero-order chi connectivity index (χ0) is 11.3. The second kappa shape index (κ2) is 6.08. The summed E-state index contributed by atoms with van der Waals surface area (Å²) >= 11 is 3.12. The van der Waals surface area contributed by atoms with Crippen LogP contribution in [0.3, 0.4) is 0 Å². The summed E-state index contributed by atoms with van der Waals surface area (Å²) < 4.78 is 18.9. The predicted molar refractivity (Wildman–Crippen MR) is 62.7 cm³/mol. The number of ether oxygens (including phenoxy) is 1. The van der Waals surface area contributed by atoms with E-state index in [0.717, 1.165) is 6.54 Å². The molecule has 84 valence electrons. The number of hydrogen-bond donors (Lipinski definition) is 1. The minimum absolute atomic E-state index is 0.273. The fourth-order valence-electron chi connectivity index (χ4n) is 1.21. The second-order valence-corrected chi connectivity index (χ2v) is 4.40. The highest BCUT2D eigenvalue weighted by Gasteiger charge is 2.04. The van der Waals surface area contributed by atoms with Gasteiger partial charge >= 0.3 is 0 Å². The van der Waals surface area contributed by atoms with Crippen LogP contribution < -0.4 is 10.1 Å². The molecule has 0 aliphatic heterocycles. The Morgan fingerprint density at radius 2 is 2.27 bits per heavy atom. The molecule has 1 N–H and O–H groups in total. The Bertz CT molecular complexity index is 319. The Hall–Kier alpha value is -0.610. The number of rotatable bonds is 5. The van der Waals surface area contributed by atoms with Crippen LogP contribution in [0.2, 0.25) is 0 Å². The molecule has 1 aromatic rings. The van der Waals surface area contributed by atoms with Crippen LogP contribution in [0.15, 0.2) is 22.7 Å². The number of benzene rings is 1. The van der Waals surface area contributed by atoms with Crippen molar-refractivity contribution in [2.45, 2.75) is 6.92 Å². The SMILES string of the molecule is CNCC(C)COc1ccc(F)c(Br)c1. The van der Waals surface area contributed by atoms with E-state index in [1.54, 1.807) is 12.1 Å². The first-order valence-electron chi connectivity index (χ1n) is 4.86. The van der Waals surface area contributed by atoms with Crippen molar-refractivity contribution < 1.29 is 9.13 Å². The van der Waals surface area contributed by atoms with Gasteiger partial charge in [-0.2, -0.15) is 0 Å². The van der Waals surface area contributed by atoms with E-state index in [1.807, 2.05) is 7.05 Å². The van der Waals surface area contributed by atoms with Crippen molar-refractivity contribution in [2.75, 3.05) is 20.2 Å². The summed E-state index contributed by atoms with van der Waals surface area (Å²) in [5.41, 5.74) is 0. The van der Waals surface area contributed by atoms with E-state index in [9.17, 15) is 4.39 Å². The predicted octanol–water partition coefficient (Wildman–Crippen LogP) is 2.82. The van der Waals surface area contributed by atoms with Crippen LogP contribution in [0.4, 0.5) is 4.39 Å². The van der Waals surface area contributed by atoms with E-state index in [1.165, 1.54) is 6.07 Å². The summed E-state index contributed by atoms with van der Waals surface area (Å²) in [4.78, 5) is 0. The van der Waals surface area contributed by atoms with Crippen molar-refractivity contribution in [2.24, 2.45) is 5.92 Å². The smallest absolute Gasteiger partial charge is 0.137 e. The highest BCUT2D eigenvalue weighted by atomic mass is 79.9. The maximum Gasteiger partial charge on any atom is 0.137 e. The third kappa shape index (κ3) is 4.18. The van der Waals surface area contributed by atoms with Crippen LogP contribution in [-0.2, 0) is 0 Å². The van der Waals surface area contributed by atoms with Gasteiger partial charge in [0.25, 0.3) is 0 Å². The lowest BCUT2D eigenvalue weighted by atomic mass is 10.2. The molecule has 2 nitrogen and oxygen atoms in total. The maximum atomic E-state index is 12.9. The van der Waals surface area contributed by atoms with E-state index in [0.29, 0.717) is 22.7 Å². The normalized spacial score (nSPS) is 12.5. The van der Waals surface area contributed by atoms with Crippen molar-refractivity contribution >= 4 is 15.9 Å². The maximum absolute atomic E-state index is 12.9. The first kappa shape index (κ1) is 12.5. The monoisotopic (exact) mass is 275 g/mol. The van der Waals surface area contributed by atoms with Crippen LogP contribution >= 0.6 is 15.9 Å². The topological polar surface area (TPSA) is 21.3 Å². The first-order chi connectivity index (χ1) is 7.13. The fraction of sp³-hybridized carbons (Fsp3) is 0.455. The molecule has 0 saturated heterocycles. The molecule has 0 radical (unpaired) electrons. The van der Waals surface area contributed by atoms with Crippen molar-refractivity contribution in [1.82, 2.24) is 5.32 Å². The van der Waals surface area contributed by atoms with Crippen molar-refractivity contribution in [3.05, 3.63) is 28.5 Å². The average Bonchev–Trinajstić information content (AvgIpc) is 2.20. The summed E-state index contributed by atoms with van der Waals surface area (Å²) in [5.74, 6) is 0.843. The quantitative estimate of drug-likeness (QED) is 0.893. The van der Waals surface area contributed by atoms with Crippen molar-refractivity contribution in [3.8, 4) is 5.75 Å². The zero-order valence-corrected chi connectivity index (χ0v) is 10.5.